The molecule has 3 heterocycles. The third-order valence-electron chi connectivity index (χ3n) is 3.05. The number of rotatable bonds is 1. The second kappa shape index (κ2) is 3.70. The predicted molar refractivity (Wildman–Crippen MR) is 72.9 cm³/mol. The molecule has 0 radical (unpaired) electrons. The average Bonchev–Trinajstić information content (AvgIpc) is 2.90. The summed E-state index contributed by atoms with van der Waals surface area (Å²) in [4.78, 5) is 11.0. The maximum Gasteiger partial charge on any atom is 0.140 e. The Morgan fingerprint density at radius 3 is 2.94 bits per heavy atom. The molecule has 0 fully saturated rings. The number of aryl methyl sites for hydroxylation is 2. The minimum Gasteiger partial charge on any atom is -0.397 e. The molecule has 0 saturated carbocycles. The number of thiophene rings is 1. The summed E-state index contributed by atoms with van der Waals surface area (Å²) >= 11 is 1.61. The zero-order valence-corrected chi connectivity index (χ0v) is 10.7. The summed E-state index contributed by atoms with van der Waals surface area (Å²) in [5.41, 5.74) is 9.22. The van der Waals surface area contributed by atoms with Crippen LogP contribution in [0.2, 0.25) is 0 Å². The maximum atomic E-state index is 6.19. The fourth-order valence-electron chi connectivity index (χ4n) is 1.95. The molecular formula is C12H14N4S. The van der Waals surface area contributed by atoms with Gasteiger partial charge in [0.2, 0.25) is 0 Å². The number of nitrogens with one attached hydrogen (secondary N) is 1. The molecule has 0 spiro atoms. The van der Waals surface area contributed by atoms with Gasteiger partial charge >= 0.3 is 0 Å². The van der Waals surface area contributed by atoms with Crippen molar-refractivity contribution in [2.75, 3.05) is 18.8 Å². The van der Waals surface area contributed by atoms with E-state index in [1.807, 2.05) is 6.92 Å². The van der Waals surface area contributed by atoms with Crippen LogP contribution >= 0.6 is 11.3 Å². The van der Waals surface area contributed by atoms with Gasteiger partial charge < -0.3 is 11.1 Å². The monoisotopic (exact) mass is 246 g/mol. The molecule has 88 valence electrons. The lowest BCUT2D eigenvalue weighted by molar-refractivity contribution is 0.961. The second-order valence-corrected chi connectivity index (χ2v) is 5.24. The van der Waals surface area contributed by atoms with Gasteiger partial charge in [-0.3, -0.25) is 4.99 Å². The topological polar surface area (TPSA) is 63.3 Å². The zero-order valence-electron chi connectivity index (χ0n) is 9.87. The van der Waals surface area contributed by atoms with E-state index in [1.54, 1.807) is 11.3 Å². The number of pyridine rings is 1. The lowest BCUT2D eigenvalue weighted by atomic mass is 10.1. The molecule has 0 bridgehead atoms. The number of aromatic nitrogens is 1. The van der Waals surface area contributed by atoms with E-state index < -0.39 is 0 Å². The van der Waals surface area contributed by atoms with Gasteiger partial charge in [0, 0.05) is 17.6 Å². The van der Waals surface area contributed by atoms with Crippen LogP contribution in [0.3, 0.4) is 0 Å². The number of nitrogens with zero attached hydrogens (tertiary/aromatic N) is 2. The molecule has 0 aromatic carbocycles. The van der Waals surface area contributed by atoms with E-state index >= 15 is 0 Å². The van der Waals surface area contributed by atoms with Crippen LogP contribution in [0.4, 0.5) is 5.69 Å². The van der Waals surface area contributed by atoms with E-state index in [9.17, 15) is 0 Å². The molecule has 0 saturated heterocycles. The molecule has 2 aromatic rings. The van der Waals surface area contributed by atoms with Crippen molar-refractivity contribution in [2.24, 2.45) is 4.99 Å². The Morgan fingerprint density at radius 1 is 1.41 bits per heavy atom. The van der Waals surface area contributed by atoms with Gasteiger partial charge in [0.05, 0.1) is 17.1 Å². The highest BCUT2D eigenvalue weighted by Gasteiger charge is 2.18. The Kier molecular flexibility index (Phi) is 2.29. The molecule has 0 aliphatic carbocycles. The average molecular weight is 246 g/mol. The number of fused-ring (bicyclic) bond motifs is 1. The summed E-state index contributed by atoms with van der Waals surface area (Å²) in [6.07, 6.45) is 0. The lowest BCUT2D eigenvalue weighted by Crippen LogP contribution is -2.19. The third kappa shape index (κ3) is 1.58. The van der Waals surface area contributed by atoms with E-state index in [-0.39, 0.29) is 0 Å². The second-order valence-electron chi connectivity index (χ2n) is 4.25. The van der Waals surface area contributed by atoms with Gasteiger partial charge in [-0.2, -0.15) is 0 Å². The van der Waals surface area contributed by atoms with Crippen molar-refractivity contribution >= 4 is 33.1 Å². The molecule has 5 heteroatoms. The fraction of sp³-hybridized carbons (Fsp3) is 0.333. The van der Waals surface area contributed by atoms with Crippen LogP contribution in [0.15, 0.2) is 11.1 Å². The molecule has 1 aliphatic heterocycles. The van der Waals surface area contributed by atoms with Crippen LogP contribution in [0.5, 0.6) is 0 Å². The van der Waals surface area contributed by atoms with Gasteiger partial charge in [-0.25, -0.2) is 4.98 Å². The summed E-state index contributed by atoms with van der Waals surface area (Å²) < 4.78 is 0. The largest absolute Gasteiger partial charge is 0.397 e. The molecule has 0 atom stereocenters. The lowest BCUT2D eigenvalue weighted by Gasteiger charge is -2.00. The van der Waals surface area contributed by atoms with Crippen molar-refractivity contribution in [1.82, 2.24) is 10.3 Å². The maximum absolute atomic E-state index is 6.19. The van der Waals surface area contributed by atoms with Crippen molar-refractivity contribution in [3.63, 3.8) is 0 Å². The number of aliphatic imine (C=N–C) groups is 1. The molecule has 3 rings (SSSR count). The van der Waals surface area contributed by atoms with Gasteiger partial charge in [0.25, 0.3) is 0 Å². The van der Waals surface area contributed by atoms with E-state index in [0.717, 1.165) is 45.4 Å². The molecule has 2 aromatic heterocycles. The highest BCUT2D eigenvalue weighted by Crippen LogP contribution is 2.33. The van der Waals surface area contributed by atoms with Crippen molar-refractivity contribution in [2.45, 2.75) is 13.8 Å². The molecule has 0 amide bonds. The first-order valence-corrected chi connectivity index (χ1v) is 6.43. The summed E-state index contributed by atoms with van der Waals surface area (Å²) in [6.45, 7) is 5.81. The zero-order chi connectivity index (χ0) is 12.0. The molecule has 4 nitrogen and oxygen atoms in total. The molecule has 3 N–H and O–H groups in total. The first kappa shape index (κ1) is 10.5. The van der Waals surface area contributed by atoms with Gasteiger partial charge in [-0.15, -0.1) is 11.3 Å². The molecule has 0 unspecified atom stereocenters. The van der Waals surface area contributed by atoms with Crippen LogP contribution in [0.1, 0.15) is 16.1 Å². The van der Waals surface area contributed by atoms with Crippen molar-refractivity contribution in [3.05, 3.63) is 22.2 Å². The number of hydrogen-bond donors (Lipinski definition) is 2. The fourth-order valence-corrected chi connectivity index (χ4v) is 3.06. The van der Waals surface area contributed by atoms with E-state index in [2.05, 4.69) is 28.3 Å². The van der Waals surface area contributed by atoms with Crippen molar-refractivity contribution < 1.29 is 0 Å². The number of amidine groups is 1. The van der Waals surface area contributed by atoms with Crippen LogP contribution < -0.4 is 11.1 Å². The van der Waals surface area contributed by atoms with Gasteiger partial charge in [-0.05, 0) is 25.5 Å². The molecule has 17 heavy (non-hydrogen) atoms. The summed E-state index contributed by atoms with van der Waals surface area (Å²) in [6, 6.07) is 2.11. The van der Waals surface area contributed by atoms with Crippen molar-refractivity contribution in [1.29, 1.82) is 0 Å². The predicted octanol–water partition coefficient (Wildman–Crippen LogP) is 1.85. The molecule has 1 aliphatic rings. The number of nitrogens with two attached hydrogens (primary N) is 1. The Bertz CT molecular complexity index is 627. The van der Waals surface area contributed by atoms with Crippen LogP contribution in [-0.4, -0.2) is 23.9 Å². The van der Waals surface area contributed by atoms with Crippen LogP contribution in [0, 0.1) is 13.8 Å². The number of nitrogen functional groups attached to an aromatic ring is 1. The normalized spacial score (nSPS) is 15.1. The molecular weight excluding hydrogens is 232 g/mol. The van der Waals surface area contributed by atoms with Gasteiger partial charge in [-0.1, -0.05) is 0 Å². The minimum absolute atomic E-state index is 0.800. The smallest absolute Gasteiger partial charge is 0.140 e. The summed E-state index contributed by atoms with van der Waals surface area (Å²) in [7, 11) is 0. The van der Waals surface area contributed by atoms with E-state index in [1.165, 1.54) is 5.56 Å². The van der Waals surface area contributed by atoms with E-state index in [4.69, 9.17) is 5.73 Å². The Morgan fingerprint density at radius 2 is 2.24 bits per heavy atom. The van der Waals surface area contributed by atoms with Gasteiger partial charge in [0.15, 0.2) is 0 Å². The minimum atomic E-state index is 0.800. The number of hydrogen-bond acceptors (Lipinski definition) is 5. The highest BCUT2D eigenvalue weighted by molar-refractivity contribution is 7.21. The first-order chi connectivity index (χ1) is 8.16. The quantitative estimate of drug-likeness (QED) is 0.807. The third-order valence-corrected chi connectivity index (χ3v) is 4.18. The Balaban J connectivity index is 2.24. The number of anilines is 1. The van der Waals surface area contributed by atoms with Crippen molar-refractivity contribution in [3.8, 4) is 0 Å². The Hall–Kier alpha value is -1.62. The van der Waals surface area contributed by atoms with Gasteiger partial charge in [0.1, 0.15) is 10.7 Å². The van der Waals surface area contributed by atoms with Crippen LogP contribution in [-0.2, 0) is 0 Å². The Labute approximate surface area is 104 Å². The summed E-state index contributed by atoms with van der Waals surface area (Å²) in [5, 5.41) is 4.30. The SMILES string of the molecule is Cc1cc2c(N)c(C3=NCCN3)sc2nc1C. The van der Waals surface area contributed by atoms with Crippen LogP contribution in [0.25, 0.3) is 10.2 Å². The summed E-state index contributed by atoms with van der Waals surface area (Å²) in [5.74, 6) is 0.917. The standard InChI is InChI=1S/C12H14N4S/c1-6-5-8-9(13)10(11-14-3-4-15-11)17-12(8)16-7(6)2/h5H,3-4,13H2,1-2H3,(H,14,15). The van der Waals surface area contributed by atoms with E-state index in [0.29, 0.717) is 0 Å². The first-order valence-electron chi connectivity index (χ1n) is 5.61. The highest BCUT2D eigenvalue weighted by atomic mass is 32.1.